The zero-order valence-electron chi connectivity index (χ0n) is 16.5. The number of anilines is 3. The van der Waals surface area contributed by atoms with Crippen molar-refractivity contribution in [2.45, 2.75) is 41.7 Å². The molecule has 0 bridgehead atoms. The number of hydrogen-bond donors (Lipinski definition) is 3. The van der Waals surface area contributed by atoms with Crippen LogP contribution in [-0.2, 0) is 0 Å². The maximum absolute atomic E-state index is 4.78. The SMILES string of the molecule is CC.Sc1cccc(Nc2nc3ccccc3nc2NSC2C=CC(Br)CC2)c1. The number of allylic oxidation sites excluding steroid dienone is 1. The first kappa shape index (κ1) is 22.0. The van der Waals surface area contributed by atoms with E-state index in [2.05, 4.69) is 50.7 Å². The van der Waals surface area contributed by atoms with Gasteiger partial charge in [-0.2, -0.15) is 0 Å². The molecule has 1 aromatic heterocycles. The third kappa shape index (κ3) is 6.14. The second-order valence-electron chi connectivity index (χ2n) is 6.32. The fourth-order valence-electron chi connectivity index (χ4n) is 2.87. The standard InChI is InChI=1S/C20H19BrN4S2.C2H6/c21-13-8-10-16(11-9-13)27-25-20-19(22-14-4-3-5-15(26)12-14)23-17-6-1-2-7-18(17)24-20;1-2/h1-8,10,12-13,16,26H,9,11H2,(H,22,23)(H,24,25);1-2H3. The summed E-state index contributed by atoms with van der Waals surface area (Å²) in [6.07, 6.45) is 6.72. The molecule has 1 aliphatic carbocycles. The van der Waals surface area contributed by atoms with Crippen molar-refractivity contribution in [1.82, 2.24) is 9.97 Å². The second-order valence-corrected chi connectivity index (χ2v) is 9.06. The molecule has 2 atom stereocenters. The minimum atomic E-state index is 0.417. The van der Waals surface area contributed by atoms with E-state index in [0.717, 1.165) is 40.3 Å². The summed E-state index contributed by atoms with van der Waals surface area (Å²) < 4.78 is 3.42. The van der Waals surface area contributed by atoms with Crippen molar-refractivity contribution in [2.24, 2.45) is 0 Å². The molecule has 0 saturated heterocycles. The monoisotopic (exact) mass is 488 g/mol. The zero-order valence-corrected chi connectivity index (χ0v) is 19.8. The van der Waals surface area contributed by atoms with E-state index in [0.29, 0.717) is 15.9 Å². The van der Waals surface area contributed by atoms with Crippen LogP contribution in [0.4, 0.5) is 17.3 Å². The summed E-state index contributed by atoms with van der Waals surface area (Å²) in [5, 5.41) is 3.79. The topological polar surface area (TPSA) is 49.8 Å². The van der Waals surface area contributed by atoms with Crippen molar-refractivity contribution in [3.05, 3.63) is 60.7 Å². The van der Waals surface area contributed by atoms with Crippen LogP contribution in [0.25, 0.3) is 11.0 Å². The molecular formula is C22H25BrN4S2. The van der Waals surface area contributed by atoms with Gasteiger partial charge in [-0.3, -0.25) is 0 Å². The van der Waals surface area contributed by atoms with Gasteiger partial charge < -0.3 is 10.0 Å². The van der Waals surface area contributed by atoms with E-state index in [1.54, 1.807) is 11.9 Å². The van der Waals surface area contributed by atoms with Crippen LogP contribution >= 0.6 is 40.5 Å². The van der Waals surface area contributed by atoms with Crippen LogP contribution in [0.3, 0.4) is 0 Å². The van der Waals surface area contributed by atoms with Gasteiger partial charge in [0.1, 0.15) is 0 Å². The van der Waals surface area contributed by atoms with Gasteiger partial charge in [0.15, 0.2) is 11.6 Å². The first-order valence-corrected chi connectivity index (χ1v) is 12.0. The van der Waals surface area contributed by atoms with Gasteiger partial charge in [-0.1, -0.05) is 60.1 Å². The van der Waals surface area contributed by atoms with Crippen molar-refractivity contribution in [3.8, 4) is 0 Å². The first-order valence-electron chi connectivity index (χ1n) is 9.74. The number of thiol groups is 1. The Morgan fingerprint density at radius 3 is 2.34 bits per heavy atom. The molecule has 152 valence electrons. The number of aromatic nitrogens is 2. The highest BCUT2D eigenvalue weighted by molar-refractivity contribution is 9.09. The first-order chi connectivity index (χ1) is 14.2. The molecule has 0 radical (unpaired) electrons. The number of alkyl halides is 1. The molecule has 0 amide bonds. The Bertz CT molecular complexity index is 980. The normalized spacial score (nSPS) is 18.1. The molecule has 2 aromatic carbocycles. The second kappa shape index (κ2) is 10.9. The van der Waals surface area contributed by atoms with E-state index in [4.69, 9.17) is 9.97 Å². The molecule has 7 heteroatoms. The van der Waals surface area contributed by atoms with Crippen LogP contribution in [0.15, 0.2) is 65.6 Å². The smallest absolute Gasteiger partial charge is 0.180 e. The Morgan fingerprint density at radius 1 is 0.966 bits per heavy atom. The third-order valence-electron chi connectivity index (χ3n) is 4.25. The molecule has 2 N–H and O–H groups in total. The van der Waals surface area contributed by atoms with Gasteiger partial charge in [-0.15, -0.1) is 12.6 Å². The Hall–Kier alpha value is -1.70. The van der Waals surface area contributed by atoms with Crippen LogP contribution in [0.5, 0.6) is 0 Å². The van der Waals surface area contributed by atoms with Crippen LogP contribution in [0.2, 0.25) is 0 Å². The third-order valence-corrected chi connectivity index (χ3v) is 6.30. The van der Waals surface area contributed by atoms with E-state index in [-0.39, 0.29) is 0 Å². The summed E-state index contributed by atoms with van der Waals surface area (Å²) in [7, 11) is 0. The van der Waals surface area contributed by atoms with Gasteiger partial charge >= 0.3 is 0 Å². The fourth-order valence-corrected chi connectivity index (χ4v) is 4.36. The van der Waals surface area contributed by atoms with Gasteiger partial charge in [0.2, 0.25) is 0 Å². The van der Waals surface area contributed by atoms with Gasteiger partial charge in [0, 0.05) is 20.7 Å². The minimum Gasteiger partial charge on any atom is -0.337 e. The van der Waals surface area contributed by atoms with E-state index in [1.165, 1.54) is 0 Å². The molecule has 0 saturated carbocycles. The van der Waals surface area contributed by atoms with Crippen molar-refractivity contribution in [2.75, 3.05) is 10.0 Å². The predicted octanol–water partition coefficient (Wildman–Crippen LogP) is 7.23. The molecule has 0 spiro atoms. The number of halogens is 1. The summed E-state index contributed by atoms with van der Waals surface area (Å²) in [4.78, 5) is 10.9. The van der Waals surface area contributed by atoms with E-state index >= 15 is 0 Å². The van der Waals surface area contributed by atoms with Crippen LogP contribution in [-0.4, -0.2) is 20.0 Å². The summed E-state index contributed by atoms with van der Waals surface area (Å²) in [5.74, 6) is 1.44. The molecule has 1 aliphatic rings. The molecular weight excluding hydrogens is 464 g/mol. The highest BCUT2D eigenvalue weighted by Crippen LogP contribution is 2.31. The molecule has 29 heavy (non-hydrogen) atoms. The lowest BCUT2D eigenvalue weighted by molar-refractivity contribution is 0.759. The molecule has 1 heterocycles. The van der Waals surface area contributed by atoms with Gasteiger partial charge in [-0.05, 0) is 55.1 Å². The van der Waals surface area contributed by atoms with Crippen LogP contribution in [0, 0.1) is 0 Å². The molecule has 3 aromatic rings. The van der Waals surface area contributed by atoms with Crippen molar-refractivity contribution >= 4 is 68.9 Å². The molecule has 2 unspecified atom stereocenters. The minimum absolute atomic E-state index is 0.417. The van der Waals surface area contributed by atoms with Crippen molar-refractivity contribution in [3.63, 3.8) is 0 Å². The Kier molecular flexibility index (Phi) is 8.27. The van der Waals surface area contributed by atoms with Crippen LogP contribution < -0.4 is 10.0 Å². The summed E-state index contributed by atoms with van der Waals surface area (Å²) in [6.45, 7) is 4.00. The maximum Gasteiger partial charge on any atom is 0.180 e. The number of benzene rings is 2. The van der Waals surface area contributed by atoms with Crippen LogP contribution in [0.1, 0.15) is 26.7 Å². The molecule has 0 fully saturated rings. The highest BCUT2D eigenvalue weighted by Gasteiger charge is 2.16. The summed E-state index contributed by atoms with van der Waals surface area (Å²) >= 11 is 9.73. The quantitative estimate of drug-likeness (QED) is 0.153. The van der Waals surface area contributed by atoms with E-state index < -0.39 is 0 Å². The van der Waals surface area contributed by atoms with Crippen molar-refractivity contribution in [1.29, 1.82) is 0 Å². The summed E-state index contributed by atoms with van der Waals surface area (Å²) in [6, 6.07) is 15.8. The average molecular weight is 490 g/mol. The Balaban J connectivity index is 0.00000117. The molecule has 4 nitrogen and oxygen atoms in total. The largest absolute Gasteiger partial charge is 0.337 e. The lowest BCUT2D eigenvalue weighted by atomic mass is 10.1. The Labute approximate surface area is 190 Å². The fraction of sp³-hybridized carbons (Fsp3) is 0.273. The molecule has 0 aliphatic heterocycles. The zero-order chi connectivity index (χ0) is 20.6. The van der Waals surface area contributed by atoms with E-state index in [9.17, 15) is 0 Å². The van der Waals surface area contributed by atoms with Crippen molar-refractivity contribution < 1.29 is 0 Å². The van der Waals surface area contributed by atoms with Gasteiger partial charge in [0.05, 0.1) is 11.0 Å². The lowest BCUT2D eigenvalue weighted by Gasteiger charge is -2.20. The number of hydrogen-bond acceptors (Lipinski definition) is 6. The van der Waals surface area contributed by atoms with Gasteiger partial charge in [-0.25, -0.2) is 9.97 Å². The number of nitrogens with one attached hydrogen (secondary N) is 2. The maximum atomic E-state index is 4.78. The molecule has 4 rings (SSSR count). The Morgan fingerprint density at radius 2 is 1.69 bits per heavy atom. The number of para-hydroxylation sites is 2. The van der Waals surface area contributed by atoms with Gasteiger partial charge in [0.25, 0.3) is 0 Å². The number of rotatable bonds is 5. The number of nitrogens with zero attached hydrogens (tertiary/aromatic N) is 2. The average Bonchev–Trinajstić information content (AvgIpc) is 2.75. The lowest BCUT2D eigenvalue weighted by Crippen LogP contribution is -2.12. The van der Waals surface area contributed by atoms with E-state index in [1.807, 2.05) is 62.4 Å². The predicted molar refractivity (Wildman–Crippen MR) is 134 cm³/mol. The highest BCUT2D eigenvalue weighted by atomic mass is 79.9. The summed E-state index contributed by atoms with van der Waals surface area (Å²) in [5.41, 5.74) is 2.66. The number of fused-ring (bicyclic) bond motifs is 1.